The van der Waals surface area contributed by atoms with Crippen molar-refractivity contribution < 1.29 is 9.47 Å². The Morgan fingerprint density at radius 2 is 1.80 bits per heavy atom. The van der Waals surface area contributed by atoms with Gasteiger partial charge in [-0.25, -0.2) is 4.98 Å². The molecule has 0 aromatic carbocycles. The highest BCUT2D eigenvalue weighted by Crippen LogP contribution is 2.22. The van der Waals surface area contributed by atoms with Gasteiger partial charge in [-0.05, 0) is 26.8 Å². The Morgan fingerprint density at radius 3 is 2.30 bits per heavy atom. The Balaban J connectivity index is 2.79. The van der Waals surface area contributed by atoms with Gasteiger partial charge < -0.3 is 20.1 Å². The molecule has 5 nitrogen and oxygen atoms in total. The minimum Gasteiger partial charge on any atom is -0.380 e. The largest absolute Gasteiger partial charge is 0.380 e. The first-order chi connectivity index (χ1) is 9.70. The Kier molecular flexibility index (Phi) is 8.18. The summed E-state index contributed by atoms with van der Waals surface area (Å²) in [5, 5.41) is 0. The zero-order chi connectivity index (χ0) is 14.8. The van der Waals surface area contributed by atoms with E-state index in [1.54, 1.807) is 6.20 Å². The van der Waals surface area contributed by atoms with Crippen LogP contribution in [-0.4, -0.2) is 44.5 Å². The molecule has 1 aromatic heterocycles. The van der Waals surface area contributed by atoms with Gasteiger partial charge in [0.05, 0.1) is 13.2 Å². The molecular formula is C15H27N3O2. The van der Waals surface area contributed by atoms with Gasteiger partial charge in [0.2, 0.25) is 0 Å². The molecule has 20 heavy (non-hydrogen) atoms. The molecule has 5 heteroatoms. The van der Waals surface area contributed by atoms with Crippen LogP contribution in [0.5, 0.6) is 0 Å². The fraction of sp³-hybridized carbons (Fsp3) is 0.667. The second-order valence-corrected chi connectivity index (χ2v) is 4.59. The lowest BCUT2D eigenvalue weighted by Crippen LogP contribution is -2.33. The quantitative estimate of drug-likeness (QED) is 0.665. The van der Waals surface area contributed by atoms with E-state index in [1.807, 2.05) is 32.9 Å². The van der Waals surface area contributed by atoms with Gasteiger partial charge in [-0.1, -0.05) is 6.07 Å². The van der Waals surface area contributed by atoms with E-state index in [4.69, 9.17) is 15.2 Å². The molecule has 2 N–H and O–H groups in total. The summed E-state index contributed by atoms with van der Waals surface area (Å²) in [5.74, 6) is 0.932. The van der Waals surface area contributed by atoms with E-state index in [2.05, 4.69) is 9.88 Å². The Morgan fingerprint density at radius 1 is 1.20 bits per heavy atom. The molecule has 0 amide bonds. The van der Waals surface area contributed by atoms with E-state index in [1.165, 1.54) is 0 Å². The van der Waals surface area contributed by atoms with Crippen LogP contribution < -0.4 is 10.6 Å². The van der Waals surface area contributed by atoms with Crippen molar-refractivity contribution in [1.29, 1.82) is 0 Å². The molecule has 1 rings (SSSR count). The monoisotopic (exact) mass is 281 g/mol. The molecule has 0 bridgehead atoms. The third kappa shape index (κ3) is 5.45. The van der Waals surface area contributed by atoms with Gasteiger partial charge in [-0.2, -0.15) is 0 Å². The molecule has 1 atom stereocenters. The number of hydrogen-bond donors (Lipinski definition) is 1. The topological polar surface area (TPSA) is 60.6 Å². The van der Waals surface area contributed by atoms with Gasteiger partial charge >= 0.3 is 0 Å². The molecule has 0 radical (unpaired) electrons. The van der Waals surface area contributed by atoms with E-state index < -0.39 is 0 Å². The zero-order valence-corrected chi connectivity index (χ0v) is 12.8. The second-order valence-electron chi connectivity index (χ2n) is 4.59. The lowest BCUT2D eigenvalue weighted by atomic mass is 10.1. The summed E-state index contributed by atoms with van der Waals surface area (Å²) in [4.78, 5) is 6.68. The number of nitrogens with two attached hydrogens (primary N) is 1. The number of anilines is 1. The molecular weight excluding hydrogens is 254 g/mol. The number of rotatable bonds is 10. The molecule has 1 aromatic rings. The minimum absolute atomic E-state index is 0.0413. The molecule has 114 valence electrons. The maximum absolute atomic E-state index is 6.03. The fourth-order valence-electron chi connectivity index (χ4n) is 1.99. The van der Waals surface area contributed by atoms with Gasteiger partial charge in [0, 0.05) is 44.1 Å². The first kappa shape index (κ1) is 16.9. The van der Waals surface area contributed by atoms with Crippen LogP contribution in [-0.2, 0) is 9.47 Å². The third-order valence-corrected chi connectivity index (χ3v) is 3.03. The summed E-state index contributed by atoms with van der Waals surface area (Å²) in [6.45, 7) is 10.4. The van der Waals surface area contributed by atoms with Crippen molar-refractivity contribution in [3.05, 3.63) is 23.9 Å². The summed E-state index contributed by atoms with van der Waals surface area (Å²) < 4.78 is 10.9. The molecule has 0 aliphatic rings. The number of aromatic nitrogens is 1. The van der Waals surface area contributed by atoms with Gasteiger partial charge in [-0.15, -0.1) is 0 Å². The van der Waals surface area contributed by atoms with Crippen molar-refractivity contribution in [2.75, 3.05) is 44.4 Å². The number of ether oxygens (including phenoxy) is 2. The van der Waals surface area contributed by atoms with E-state index in [0.29, 0.717) is 13.2 Å². The minimum atomic E-state index is -0.0413. The number of pyridine rings is 1. The lowest BCUT2D eigenvalue weighted by Gasteiger charge is -2.26. The highest BCUT2D eigenvalue weighted by Gasteiger charge is 2.14. The molecule has 0 spiro atoms. The first-order valence-corrected chi connectivity index (χ1v) is 7.31. The normalized spacial score (nSPS) is 12.4. The van der Waals surface area contributed by atoms with Crippen molar-refractivity contribution in [3.63, 3.8) is 0 Å². The van der Waals surface area contributed by atoms with Crippen LogP contribution >= 0.6 is 0 Å². The molecule has 0 aliphatic carbocycles. The molecule has 0 saturated carbocycles. The Hall–Kier alpha value is -1.17. The molecule has 1 unspecified atom stereocenters. The molecule has 0 saturated heterocycles. The van der Waals surface area contributed by atoms with Crippen molar-refractivity contribution in [2.45, 2.75) is 26.8 Å². The maximum Gasteiger partial charge on any atom is 0.133 e. The summed E-state index contributed by atoms with van der Waals surface area (Å²) in [5.41, 5.74) is 7.09. The first-order valence-electron chi connectivity index (χ1n) is 7.31. The predicted molar refractivity (Wildman–Crippen MR) is 82.0 cm³/mol. The van der Waals surface area contributed by atoms with E-state index in [9.17, 15) is 0 Å². The SMILES string of the molecule is CCOCCN(CCOCC)c1ncccc1C(C)N. The zero-order valence-electron chi connectivity index (χ0n) is 12.8. The molecule has 0 fully saturated rings. The third-order valence-electron chi connectivity index (χ3n) is 3.03. The van der Waals surface area contributed by atoms with Crippen molar-refractivity contribution in [3.8, 4) is 0 Å². The van der Waals surface area contributed by atoms with Crippen LogP contribution in [0.3, 0.4) is 0 Å². The fourth-order valence-corrected chi connectivity index (χ4v) is 1.99. The average Bonchev–Trinajstić information content (AvgIpc) is 2.46. The summed E-state index contributed by atoms with van der Waals surface area (Å²) in [7, 11) is 0. The van der Waals surface area contributed by atoms with Crippen LogP contribution in [0.1, 0.15) is 32.4 Å². The van der Waals surface area contributed by atoms with Gasteiger partial charge in [0.15, 0.2) is 0 Å². The maximum atomic E-state index is 6.03. The second kappa shape index (κ2) is 9.69. The van der Waals surface area contributed by atoms with Crippen LogP contribution in [0, 0.1) is 0 Å². The number of nitrogens with zero attached hydrogens (tertiary/aromatic N) is 2. The van der Waals surface area contributed by atoms with E-state index in [0.717, 1.165) is 37.7 Å². The standard InChI is InChI=1S/C15H27N3O2/c1-4-19-11-9-18(10-12-20-5-2)15-14(13(3)16)7-6-8-17-15/h6-8,13H,4-5,9-12,16H2,1-3H3. The van der Waals surface area contributed by atoms with Crippen LogP contribution in [0.4, 0.5) is 5.82 Å². The summed E-state index contributed by atoms with van der Waals surface area (Å²) in [6.07, 6.45) is 1.80. The molecule has 1 heterocycles. The van der Waals surface area contributed by atoms with Gasteiger partial charge in [0.25, 0.3) is 0 Å². The van der Waals surface area contributed by atoms with E-state index in [-0.39, 0.29) is 6.04 Å². The lowest BCUT2D eigenvalue weighted by molar-refractivity contribution is 0.141. The summed E-state index contributed by atoms with van der Waals surface area (Å²) >= 11 is 0. The van der Waals surface area contributed by atoms with Gasteiger partial charge in [0.1, 0.15) is 5.82 Å². The summed E-state index contributed by atoms with van der Waals surface area (Å²) in [6, 6.07) is 3.91. The van der Waals surface area contributed by atoms with Gasteiger partial charge in [-0.3, -0.25) is 0 Å². The Labute approximate surface area is 122 Å². The smallest absolute Gasteiger partial charge is 0.133 e. The Bertz CT molecular complexity index is 362. The van der Waals surface area contributed by atoms with Crippen LogP contribution in [0.25, 0.3) is 0 Å². The van der Waals surface area contributed by atoms with Crippen molar-refractivity contribution in [2.24, 2.45) is 5.73 Å². The average molecular weight is 281 g/mol. The highest BCUT2D eigenvalue weighted by molar-refractivity contribution is 5.48. The van der Waals surface area contributed by atoms with Crippen LogP contribution in [0.2, 0.25) is 0 Å². The van der Waals surface area contributed by atoms with E-state index >= 15 is 0 Å². The predicted octanol–water partition coefficient (Wildman–Crippen LogP) is 1.98. The molecule has 0 aliphatic heterocycles. The van der Waals surface area contributed by atoms with Crippen molar-refractivity contribution >= 4 is 5.82 Å². The van der Waals surface area contributed by atoms with Crippen molar-refractivity contribution in [1.82, 2.24) is 4.98 Å². The number of hydrogen-bond acceptors (Lipinski definition) is 5. The van der Waals surface area contributed by atoms with Crippen LogP contribution in [0.15, 0.2) is 18.3 Å². The highest BCUT2D eigenvalue weighted by atomic mass is 16.5.